The minimum Gasteiger partial charge on any atom is -0.480 e. The van der Waals surface area contributed by atoms with E-state index in [1.807, 2.05) is 4.72 Å². The van der Waals surface area contributed by atoms with E-state index in [1.54, 1.807) is 0 Å². The number of carbonyl (C=O) groups is 1. The number of sulfonamides is 1. The third-order valence-corrected chi connectivity index (χ3v) is 4.61. The second-order valence-electron chi connectivity index (χ2n) is 4.09. The monoisotopic (exact) mass is 317 g/mol. The number of sulfone groups is 1. The standard InChI is InChI=1S/C9H19NO7S2/c1-17-5-3-6-19(15,16)10-8(9(11)12)4-7-18(2,13)14/h8,10H,3-7H2,1-2H3,(H,11,12). The molecule has 114 valence electrons. The number of ether oxygens (including phenoxy) is 1. The highest BCUT2D eigenvalue weighted by Crippen LogP contribution is 2.01. The maximum Gasteiger partial charge on any atom is 0.321 e. The molecule has 0 saturated heterocycles. The minimum atomic E-state index is -3.77. The smallest absolute Gasteiger partial charge is 0.321 e. The van der Waals surface area contributed by atoms with Crippen molar-refractivity contribution in [2.24, 2.45) is 0 Å². The number of nitrogens with one attached hydrogen (secondary N) is 1. The average Bonchev–Trinajstić information content (AvgIpc) is 2.22. The molecule has 0 aromatic rings. The topological polar surface area (TPSA) is 127 Å². The molecule has 0 aromatic carbocycles. The van der Waals surface area contributed by atoms with Gasteiger partial charge in [-0.05, 0) is 12.8 Å². The molecule has 0 radical (unpaired) electrons. The van der Waals surface area contributed by atoms with Crippen LogP contribution in [0.3, 0.4) is 0 Å². The van der Waals surface area contributed by atoms with Crippen molar-refractivity contribution < 1.29 is 31.5 Å². The van der Waals surface area contributed by atoms with Gasteiger partial charge in [0.25, 0.3) is 0 Å². The van der Waals surface area contributed by atoms with E-state index in [0.29, 0.717) is 0 Å². The molecule has 0 fully saturated rings. The fourth-order valence-corrected chi connectivity index (χ4v) is 3.17. The lowest BCUT2D eigenvalue weighted by molar-refractivity contribution is -0.139. The summed E-state index contributed by atoms with van der Waals surface area (Å²) in [6.45, 7) is 0.238. The number of carboxylic acid groups (broad SMARTS) is 1. The van der Waals surface area contributed by atoms with E-state index in [0.717, 1.165) is 6.26 Å². The average molecular weight is 317 g/mol. The zero-order valence-electron chi connectivity index (χ0n) is 10.8. The van der Waals surface area contributed by atoms with Crippen molar-refractivity contribution in [2.45, 2.75) is 18.9 Å². The van der Waals surface area contributed by atoms with E-state index in [-0.39, 0.29) is 25.2 Å². The fraction of sp³-hybridized carbons (Fsp3) is 0.889. The number of rotatable bonds is 10. The third kappa shape index (κ3) is 9.82. The lowest BCUT2D eigenvalue weighted by Crippen LogP contribution is -2.42. The van der Waals surface area contributed by atoms with Gasteiger partial charge in [-0.15, -0.1) is 0 Å². The molecule has 0 aliphatic rings. The van der Waals surface area contributed by atoms with Crippen LogP contribution >= 0.6 is 0 Å². The molecule has 0 heterocycles. The molecular formula is C9H19NO7S2. The highest BCUT2D eigenvalue weighted by Gasteiger charge is 2.24. The summed E-state index contributed by atoms with van der Waals surface area (Å²) in [7, 11) is -5.70. The van der Waals surface area contributed by atoms with Gasteiger partial charge in [0.1, 0.15) is 15.9 Å². The van der Waals surface area contributed by atoms with Gasteiger partial charge in [0.05, 0.1) is 11.5 Å². The summed E-state index contributed by atoms with van der Waals surface area (Å²) in [5.74, 6) is -2.08. The van der Waals surface area contributed by atoms with Crippen molar-refractivity contribution >= 4 is 25.8 Å². The van der Waals surface area contributed by atoms with Crippen LogP contribution in [0.15, 0.2) is 0 Å². The van der Waals surface area contributed by atoms with Gasteiger partial charge in [0.2, 0.25) is 10.0 Å². The number of hydrogen-bond donors (Lipinski definition) is 2. The molecule has 1 atom stereocenters. The lowest BCUT2D eigenvalue weighted by atomic mass is 10.2. The molecule has 0 aromatic heterocycles. The Morgan fingerprint density at radius 3 is 2.26 bits per heavy atom. The normalized spacial score (nSPS) is 14.2. The molecule has 0 spiro atoms. The molecule has 1 unspecified atom stereocenters. The Balaban J connectivity index is 4.53. The summed E-state index contributed by atoms with van der Waals surface area (Å²) in [5.41, 5.74) is 0. The lowest BCUT2D eigenvalue weighted by Gasteiger charge is -2.14. The number of hydrogen-bond acceptors (Lipinski definition) is 6. The first-order chi connectivity index (χ1) is 8.57. The second kappa shape index (κ2) is 7.78. The molecule has 0 rings (SSSR count). The summed E-state index contributed by atoms with van der Waals surface area (Å²) in [5, 5.41) is 8.86. The Kier molecular flexibility index (Phi) is 7.49. The first-order valence-electron chi connectivity index (χ1n) is 5.47. The van der Waals surface area contributed by atoms with Crippen LogP contribution in [-0.4, -0.2) is 65.4 Å². The van der Waals surface area contributed by atoms with Crippen molar-refractivity contribution in [3.8, 4) is 0 Å². The Morgan fingerprint density at radius 1 is 1.26 bits per heavy atom. The van der Waals surface area contributed by atoms with Crippen LogP contribution in [0.1, 0.15) is 12.8 Å². The highest BCUT2D eigenvalue weighted by atomic mass is 32.2. The summed E-state index contributed by atoms with van der Waals surface area (Å²) in [6.07, 6.45) is 0.876. The maximum absolute atomic E-state index is 11.6. The number of carboxylic acids is 1. The van der Waals surface area contributed by atoms with Crippen LogP contribution in [0.25, 0.3) is 0 Å². The number of methoxy groups -OCH3 is 1. The van der Waals surface area contributed by atoms with Crippen LogP contribution in [0.5, 0.6) is 0 Å². The molecule has 10 heteroatoms. The van der Waals surface area contributed by atoms with Crippen LogP contribution in [0, 0.1) is 0 Å². The van der Waals surface area contributed by atoms with Crippen molar-refractivity contribution in [3.05, 3.63) is 0 Å². The quantitative estimate of drug-likeness (QED) is 0.486. The Labute approximate surface area is 113 Å². The van der Waals surface area contributed by atoms with Gasteiger partial charge < -0.3 is 9.84 Å². The van der Waals surface area contributed by atoms with Gasteiger partial charge in [-0.25, -0.2) is 21.6 Å². The summed E-state index contributed by atoms with van der Waals surface area (Å²) in [6, 6.07) is -1.44. The molecule has 8 nitrogen and oxygen atoms in total. The van der Waals surface area contributed by atoms with Crippen LogP contribution in [0.2, 0.25) is 0 Å². The van der Waals surface area contributed by atoms with Crippen LogP contribution < -0.4 is 4.72 Å². The largest absolute Gasteiger partial charge is 0.480 e. The molecule has 2 N–H and O–H groups in total. The van der Waals surface area contributed by atoms with Gasteiger partial charge in [0, 0.05) is 20.0 Å². The fourth-order valence-electron chi connectivity index (χ4n) is 1.23. The van der Waals surface area contributed by atoms with Gasteiger partial charge in [-0.1, -0.05) is 0 Å². The number of aliphatic carboxylic acids is 1. The van der Waals surface area contributed by atoms with Crippen LogP contribution in [0.4, 0.5) is 0 Å². The first kappa shape index (κ1) is 18.3. The van der Waals surface area contributed by atoms with Crippen molar-refractivity contribution in [2.75, 3.05) is 31.5 Å². The van der Waals surface area contributed by atoms with E-state index in [4.69, 9.17) is 9.84 Å². The van der Waals surface area contributed by atoms with E-state index in [1.165, 1.54) is 7.11 Å². The van der Waals surface area contributed by atoms with Crippen molar-refractivity contribution in [1.82, 2.24) is 4.72 Å². The van der Waals surface area contributed by atoms with Crippen molar-refractivity contribution in [3.63, 3.8) is 0 Å². The van der Waals surface area contributed by atoms with Gasteiger partial charge in [-0.3, -0.25) is 4.79 Å². The molecular weight excluding hydrogens is 298 g/mol. The Morgan fingerprint density at radius 2 is 1.84 bits per heavy atom. The van der Waals surface area contributed by atoms with Gasteiger partial charge in [-0.2, -0.15) is 0 Å². The van der Waals surface area contributed by atoms with E-state index in [9.17, 15) is 21.6 Å². The zero-order valence-corrected chi connectivity index (χ0v) is 12.5. The molecule has 0 amide bonds. The predicted octanol–water partition coefficient (Wildman–Crippen LogP) is -1.17. The molecule has 19 heavy (non-hydrogen) atoms. The molecule has 0 aliphatic carbocycles. The summed E-state index contributed by atoms with van der Waals surface area (Å²) in [4.78, 5) is 10.9. The third-order valence-electron chi connectivity index (χ3n) is 2.16. The first-order valence-corrected chi connectivity index (χ1v) is 9.18. The summed E-state index contributed by atoms with van der Waals surface area (Å²) < 4.78 is 51.7. The maximum atomic E-state index is 11.6. The van der Waals surface area contributed by atoms with E-state index < -0.39 is 37.6 Å². The molecule has 0 bridgehead atoms. The molecule has 0 aliphatic heterocycles. The second-order valence-corrected chi connectivity index (χ2v) is 8.23. The summed E-state index contributed by atoms with van der Waals surface area (Å²) >= 11 is 0. The SMILES string of the molecule is COCCCS(=O)(=O)NC(CCS(C)(=O)=O)C(=O)O. The predicted molar refractivity (Wildman–Crippen MR) is 69.2 cm³/mol. The minimum absolute atomic E-state index is 0.226. The Bertz CT molecular complexity index is 483. The zero-order chi connectivity index (χ0) is 15.1. The van der Waals surface area contributed by atoms with Crippen molar-refractivity contribution in [1.29, 1.82) is 0 Å². The highest BCUT2D eigenvalue weighted by molar-refractivity contribution is 7.90. The van der Waals surface area contributed by atoms with Gasteiger partial charge >= 0.3 is 5.97 Å². The van der Waals surface area contributed by atoms with Gasteiger partial charge in [0.15, 0.2) is 0 Å². The van der Waals surface area contributed by atoms with E-state index in [2.05, 4.69) is 0 Å². The molecule has 0 saturated carbocycles. The van der Waals surface area contributed by atoms with Crippen LogP contribution in [-0.2, 0) is 29.4 Å². The van der Waals surface area contributed by atoms with E-state index >= 15 is 0 Å². The Hall–Kier alpha value is -0.710.